The SMILES string of the molecule is Cc1cc(N)sc1C(=O)Nc1ccc(-c2ccccc2)cc1. The number of nitrogen functional groups attached to an aromatic ring is 1. The number of carbonyl (C=O) groups is 1. The van der Waals surface area contributed by atoms with Gasteiger partial charge in [-0.15, -0.1) is 11.3 Å². The molecule has 0 aliphatic heterocycles. The Balaban J connectivity index is 1.76. The highest BCUT2D eigenvalue weighted by Crippen LogP contribution is 2.25. The van der Waals surface area contributed by atoms with Gasteiger partial charge in [-0.3, -0.25) is 4.79 Å². The second kappa shape index (κ2) is 6.03. The van der Waals surface area contributed by atoms with Crippen molar-refractivity contribution in [2.75, 3.05) is 11.1 Å². The van der Waals surface area contributed by atoms with E-state index in [1.54, 1.807) is 0 Å². The number of nitrogens with two attached hydrogens (primary N) is 1. The summed E-state index contributed by atoms with van der Waals surface area (Å²) >= 11 is 1.31. The normalized spacial score (nSPS) is 10.4. The van der Waals surface area contributed by atoms with Crippen molar-refractivity contribution < 1.29 is 4.79 Å². The van der Waals surface area contributed by atoms with Gasteiger partial charge in [0.05, 0.1) is 9.88 Å². The summed E-state index contributed by atoms with van der Waals surface area (Å²) in [5.74, 6) is -0.119. The Morgan fingerprint density at radius 1 is 1.00 bits per heavy atom. The van der Waals surface area contributed by atoms with Crippen molar-refractivity contribution in [2.45, 2.75) is 6.92 Å². The van der Waals surface area contributed by atoms with E-state index in [1.165, 1.54) is 11.3 Å². The molecule has 0 spiro atoms. The summed E-state index contributed by atoms with van der Waals surface area (Å²) in [5.41, 5.74) is 9.69. The third-order valence-corrected chi connectivity index (χ3v) is 4.46. The van der Waals surface area contributed by atoms with Gasteiger partial charge in [-0.05, 0) is 41.8 Å². The van der Waals surface area contributed by atoms with E-state index in [0.29, 0.717) is 9.88 Å². The van der Waals surface area contributed by atoms with E-state index in [4.69, 9.17) is 5.73 Å². The molecule has 2 aromatic carbocycles. The highest BCUT2D eigenvalue weighted by Gasteiger charge is 2.12. The van der Waals surface area contributed by atoms with Crippen LogP contribution in [0.4, 0.5) is 10.7 Å². The van der Waals surface area contributed by atoms with Gasteiger partial charge in [0, 0.05) is 5.69 Å². The number of nitrogens with one attached hydrogen (secondary N) is 1. The van der Waals surface area contributed by atoms with Crippen LogP contribution in [-0.4, -0.2) is 5.91 Å². The number of hydrogen-bond acceptors (Lipinski definition) is 3. The first kappa shape index (κ1) is 14.4. The lowest BCUT2D eigenvalue weighted by Gasteiger charge is -2.06. The van der Waals surface area contributed by atoms with Crippen LogP contribution in [0.3, 0.4) is 0 Å². The molecule has 22 heavy (non-hydrogen) atoms. The Kier molecular flexibility index (Phi) is 3.94. The molecule has 0 aliphatic rings. The summed E-state index contributed by atoms with van der Waals surface area (Å²) in [6.45, 7) is 1.89. The molecule has 3 rings (SSSR count). The molecule has 0 bridgehead atoms. The molecule has 3 aromatic rings. The molecule has 4 heteroatoms. The molecule has 0 atom stereocenters. The minimum atomic E-state index is -0.119. The summed E-state index contributed by atoms with van der Waals surface area (Å²) in [5, 5.41) is 3.56. The van der Waals surface area contributed by atoms with Crippen molar-refractivity contribution in [3.63, 3.8) is 0 Å². The van der Waals surface area contributed by atoms with E-state index in [2.05, 4.69) is 17.4 Å². The molecule has 0 saturated heterocycles. The Morgan fingerprint density at radius 3 is 2.23 bits per heavy atom. The number of thiophene rings is 1. The summed E-state index contributed by atoms with van der Waals surface area (Å²) < 4.78 is 0. The quantitative estimate of drug-likeness (QED) is 0.745. The van der Waals surface area contributed by atoms with Gasteiger partial charge in [0.1, 0.15) is 0 Å². The van der Waals surface area contributed by atoms with Crippen LogP contribution in [-0.2, 0) is 0 Å². The van der Waals surface area contributed by atoms with E-state index < -0.39 is 0 Å². The number of aryl methyl sites for hydroxylation is 1. The third-order valence-electron chi connectivity index (χ3n) is 3.39. The summed E-state index contributed by atoms with van der Waals surface area (Å²) in [7, 11) is 0. The van der Waals surface area contributed by atoms with Crippen LogP contribution in [0, 0.1) is 6.92 Å². The van der Waals surface area contributed by atoms with E-state index in [9.17, 15) is 4.79 Å². The highest BCUT2D eigenvalue weighted by molar-refractivity contribution is 7.18. The lowest BCUT2D eigenvalue weighted by molar-refractivity contribution is 0.103. The zero-order chi connectivity index (χ0) is 15.5. The number of rotatable bonds is 3. The fraction of sp³-hybridized carbons (Fsp3) is 0.0556. The Morgan fingerprint density at radius 2 is 1.64 bits per heavy atom. The Labute approximate surface area is 133 Å². The fourth-order valence-corrected chi connectivity index (χ4v) is 3.13. The molecule has 0 aliphatic carbocycles. The minimum Gasteiger partial charge on any atom is -0.391 e. The number of amides is 1. The molecule has 0 saturated carbocycles. The average Bonchev–Trinajstić information content (AvgIpc) is 2.88. The van der Waals surface area contributed by atoms with Crippen molar-refractivity contribution >= 4 is 27.9 Å². The van der Waals surface area contributed by atoms with E-state index in [0.717, 1.165) is 22.4 Å². The Bertz CT molecular complexity index is 792. The van der Waals surface area contributed by atoms with Gasteiger partial charge in [-0.25, -0.2) is 0 Å². The smallest absolute Gasteiger partial charge is 0.266 e. The topological polar surface area (TPSA) is 55.1 Å². The average molecular weight is 308 g/mol. The number of benzene rings is 2. The number of hydrogen-bond donors (Lipinski definition) is 2. The van der Waals surface area contributed by atoms with Gasteiger partial charge in [0.25, 0.3) is 5.91 Å². The first-order chi connectivity index (χ1) is 10.6. The van der Waals surface area contributed by atoms with E-state index in [-0.39, 0.29) is 5.91 Å². The van der Waals surface area contributed by atoms with Crippen LogP contribution in [0.5, 0.6) is 0 Å². The van der Waals surface area contributed by atoms with Crippen molar-refractivity contribution in [3.8, 4) is 11.1 Å². The van der Waals surface area contributed by atoms with Crippen molar-refractivity contribution in [3.05, 3.63) is 71.1 Å². The second-order valence-electron chi connectivity index (χ2n) is 5.06. The van der Waals surface area contributed by atoms with Crippen molar-refractivity contribution in [1.29, 1.82) is 0 Å². The van der Waals surface area contributed by atoms with E-state index >= 15 is 0 Å². The highest BCUT2D eigenvalue weighted by atomic mass is 32.1. The molecule has 0 radical (unpaired) electrons. The van der Waals surface area contributed by atoms with Crippen LogP contribution < -0.4 is 11.1 Å². The zero-order valence-corrected chi connectivity index (χ0v) is 13.0. The molecule has 0 unspecified atom stereocenters. The maximum atomic E-state index is 12.2. The predicted molar refractivity (Wildman–Crippen MR) is 93.3 cm³/mol. The van der Waals surface area contributed by atoms with Crippen molar-refractivity contribution in [2.24, 2.45) is 0 Å². The van der Waals surface area contributed by atoms with Crippen LogP contribution in [0.1, 0.15) is 15.2 Å². The van der Waals surface area contributed by atoms with E-state index in [1.807, 2.05) is 55.5 Å². The van der Waals surface area contributed by atoms with Gasteiger partial charge in [0.2, 0.25) is 0 Å². The molecule has 3 nitrogen and oxygen atoms in total. The largest absolute Gasteiger partial charge is 0.391 e. The Hall–Kier alpha value is -2.59. The van der Waals surface area contributed by atoms with Gasteiger partial charge >= 0.3 is 0 Å². The van der Waals surface area contributed by atoms with Crippen LogP contribution >= 0.6 is 11.3 Å². The summed E-state index contributed by atoms with van der Waals surface area (Å²) in [6, 6.07) is 19.8. The molecule has 0 fully saturated rings. The summed E-state index contributed by atoms with van der Waals surface area (Å²) in [6.07, 6.45) is 0. The molecule has 1 amide bonds. The second-order valence-corrected chi connectivity index (χ2v) is 6.14. The van der Waals surface area contributed by atoms with Gasteiger partial charge in [-0.2, -0.15) is 0 Å². The fourth-order valence-electron chi connectivity index (χ4n) is 2.30. The third kappa shape index (κ3) is 3.02. The van der Waals surface area contributed by atoms with Gasteiger partial charge in [0.15, 0.2) is 0 Å². The van der Waals surface area contributed by atoms with Crippen molar-refractivity contribution in [1.82, 2.24) is 0 Å². The van der Waals surface area contributed by atoms with Gasteiger partial charge in [-0.1, -0.05) is 42.5 Å². The monoisotopic (exact) mass is 308 g/mol. The molecule has 1 aromatic heterocycles. The molecule has 1 heterocycles. The van der Waals surface area contributed by atoms with Crippen LogP contribution in [0.25, 0.3) is 11.1 Å². The lowest BCUT2D eigenvalue weighted by atomic mass is 10.1. The number of carbonyl (C=O) groups excluding carboxylic acids is 1. The van der Waals surface area contributed by atoms with Gasteiger partial charge < -0.3 is 11.1 Å². The predicted octanol–water partition coefficient (Wildman–Crippen LogP) is 4.56. The standard InChI is InChI=1S/C18H16N2OS/c1-12-11-16(19)22-17(12)18(21)20-15-9-7-14(8-10-15)13-5-3-2-4-6-13/h2-11H,19H2,1H3,(H,20,21). The maximum Gasteiger partial charge on any atom is 0.266 e. The molecule has 3 N–H and O–H groups in total. The van der Waals surface area contributed by atoms with Crippen LogP contribution in [0.15, 0.2) is 60.7 Å². The first-order valence-corrected chi connectivity index (χ1v) is 7.78. The molecule has 110 valence electrons. The molecular formula is C18H16N2OS. The lowest BCUT2D eigenvalue weighted by Crippen LogP contribution is -2.11. The minimum absolute atomic E-state index is 0.119. The molecular weight excluding hydrogens is 292 g/mol. The zero-order valence-electron chi connectivity index (χ0n) is 12.2. The van der Waals surface area contributed by atoms with Crippen LogP contribution in [0.2, 0.25) is 0 Å². The summed E-state index contributed by atoms with van der Waals surface area (Å²) in [4.78, 5) is 12.9. The maximum absolute atomic E-state index is 12.2. The number of anilines is 2. The first-order valence-electron chi connectivity index (χ1n) is 6.96.